The molecular formula is C23H33N3O4S2. The molecular weight excluding hydrogens is 446 g/mol. The van der Waals surface area contributed by atoms with E-state index in [1.54, 1.807) is 19.1 Å². The summed E-state index contributed by atoms with van der Waals surface area (Å²) in [5.41, 5.74) is 2.65. The molecule has 0 saturated carbocycles. The van der Waals surface area contributed by atoms with Gasteiger partial charge in [0.25, 0.3) is 0 Å². The average Bonchev–Trinajstić information content (AvgIpc) is 2.77. The molecule has 1 fully saturated rings. The number of aryl methyl sites for hydroxylation is 2. The number of nitrogens with zero attached hydrogens (tertiary/aromatic N) is 2. The van der Waals surface area contributed by atoms with E-state index in [0.29, 0.717) is 31.7 Å². The highest BCUT2D eigenvalue weighted by Crippen LogP contribution is 2.25. The zero-order valence-corrected chi connectivity index (χ0v) is 20.6. The molecule has 1 N–H and O–H groups in total. The van der Waals surface area contributed by atoms with Crippen LogP contribution in [0.25, 0.3) is 0 Å². The van der Waals surface area contributed by atoms with Crippen molar-refractivity contribution in [3.05, 3.63) is 65.2 Å². The van der Waals surface area contributed by atoms with E-state index in [4.69, 9.17) is 0 Å². The summed E-state index contributed by atoms with van der Waals surface area (Å²) in [5.74, 6) is -0.322. The van der Waals surface area contributed by atoms with Crippen LogP contribution >= 0.6 is 0 Å². The number of sulfonamides is 2. The zero-order chi connectivity index (χ0) is 23.4. The maximum absolute atomic E-state index is 13.6. The fraction of sp³-hybridized carbons (Fsp3) is 0.478. The van der Waals surface area contributed by atoms with Gasteiger partial charge >= 0.3 is 0 Å². The monoisotopic (exact) mass is 479 g/mol. The first-order valence-corrected chi connectivity index (χ1v) is 14.0. The third-order valence-corrected chi connectivity index (χ3v) is 9.74. The van der Waals surface area contributed by atoms with Gasteiger partial charge in [-0.3, -0.25) is 0 Å². The van der Waals surface area contributed by atoms with Crippen LogP contribution in [0.1, 0.15) is 29.5 Å². The molecule has 0 aliphatic carbocycles. The summed E-state index contributed by atoms with van der Waals surface area (Å²) in [5, 5.41) is 3.14. The Balaban J connectivity index is 1.88. The van der Waals surface area contributed by atoms with Gasteiger partial charge in [-0.15, -0.1) is 0 Å². The molecule has 176 valence electrons. The van der Waals surface area contributed by atoms with Crippen LogP contribution in [-0.4, -0.2) is 70.5 Å². The summed E-state index contributed by atoms with van der Waals surface area (Å²) in [6.45, 7) is 7.80. The summed E-state index contributed by atoms with van der Waals surface area (Å²) in [6.07, 6.45) is 0. The van der Waals surface area contributed by atoms with Crippen LogP contribution in [0.5, 0.6) is 0 Å². The van der Waals surface area contributed by atoms with Gasteiger partial charge < -0.3 is 5.32 Å². The van der Waals surface area contributed by atoms with Crippen LogP contribution in [0.4, 0.5) is 0 Å². The van der Waals surface area contributed by atoms with Crippen molar-refractivity contribution >= 4 is 20.0 Å². The first-order chi connectivity index (χ1) is 15.1. The summed E-state index contributed by atoms with van der Waals surface area (Å²) in [7, 11) is -7.42. The molecule has 2 aromatic carbocycles. The van der Waals surface area contributed by atoms with Gasteiger partial charge in [0.1, 0.15) is 0 Å². The summed E-state index contributed by atoms with van der Waals surface area (Å²) in [4.78, 5) is 0.225. The van der Waals surface area contributed by atoms with Crippen molar-refractivity contribution in [1.29, 1.82) is 0 Å². The number of benzene rings is 2. The van der Waals surface area contributed by atoms with Crippen LogP contribution in [0.3, 0.4) is 0 Å². The molecule has 0 radical (unpaired) electrons. The first kappa shape index (κ1) is 24.9. The Morgan fingerprint density at radius 3 is 2.28 bits per heavy atom. The quantitative estimate of drug-likeness (QED) is 0.597. The number of hydrogen-bond acceptors (Lipinski definition) is 5. The molecule has 1 saturated heterocycles. The molecule has 0 bridgehead atoms. The predicted octanol–water partition coefficient (Wildman–Crippen LogP) is 2.33. The van der Waals surface area contributed by atoms with Gasteiger partial charge in [0.15, 0.2) is 0 Å². The normalized spacial score (nSPS) is 16.9. The Morgan fingerprint density at radius 2 is 1.66 bits per heavy atom. The lowest BCUT2D eigenvalue weighted by Gasteiger charge is -2.29. The highest BCUT2D eigenvalue weighted by Gasteiger charge is 2.31. The number of rotatable bonds is 9. The molecule has 1 aliphatic heterocycles. The first-order valence-electron chi connectivity index (χ1n) is 10.9. The molecule has 1 unspecified atom stereocenters. The Hall–Kier alpha value is -1.78. The van der Waals surface area contributed by atoms with E-state index >= 15 is 0 Å². The van der Waals surface area contributed by atoms with Crippen LogP contribution in [0.15, 0.2) is 53.4 Å². The second-order valence-corrected chi connectivity index (χ2v) is 12.4. The van der Waals surface area contributed by atoms with Gasteiger partial charge in [-0.05, 0) is 37.0 Å². The molecule has 7 nitrogen and oxygen atoms in total. The van der Waals surface area contributed by atoms with Crippen molar-refractivity contribution in [3.63, 3.8) is 0 Å². The van der Waals surface area contributed by atoms with Crippen molar-refractivity contribution in [2.45, 2.75) is 31.6 Å². The molecule has 9 heteroatoms. The molecule has 0 spiro atoms. The number of nitrogens with one attached hydrogen (secondary N) is 1. The van der Waals surface area contributed by atoms with Gasteiger partial charge in [0.2, 0.25) is 20.0 Å². The third kappa shape index (κ3) is 5.96. The number of piperazine rings is 1. The average molecular weight is 480 g/mol. The van der Waals surface area contributed by atoms with Crippen LogP contribution in [0.2, 0.25) is 0 Å². The van der Waals surface area contributed by atoms with E-state index in [0.717, 1.165) is 11.1 Å². The smallest absolute Gasteiger partial charge is 0.243 e. The van der Waals surface area contributed by atoms with E-state index in [1.165, 1.54) is 8.61 Å². The molecule has 1 atom stereocenters. The topological polar surface area (TPSA) is 86.8 Å². The van der Waals surface area contributed by atoms with Gasteiger partial charge in [-0.25, -0.2) is 16.8 Å². The lowest BCUT2D eigenvalue weighted by molar-refractivity contribution is 0.354. The summed E-state index contributed by atoms with van der Waals surface area (Å²) >= 11 is 0. The maximum atomic E-state index is 13.6. The number of hydrogen-bond donors (Lipinski definition) is 1. The standard InChI is InChI=1S/C23H33N3O4S2/c1-19-9-10-23(20(2)17-19)32(29,30)26(18-21(3)22-7-5-4-6-8-22)15-16-31(27,28)25-13-11-24-12-14-25/h4-10,17,21,24H,11-16,18H2,1-3H3. The van der Waals surface area contributed by atoms with E-state index in [2.05, 4.69) is 5.32 Å². The second kappa shape index (κ2) is 10.4. The Labute approximate surface area is 192 Å². The van der Waals surface area contributed by atoms with Gasteiger partial charge in [-0.1, -0.05) is 55.0 Å². The molecule has 3 rings (SSSR count). The lowest BCUT2D eigenvalue weighted by atomic mass is 10.0. The fourth-order valence-electron chi connectivity index (χ4n) is 4.00. The highest BCUT2D eigenvalue weighted by atomic mass is 32.2. The van der Waals surface area contributed by atoms with E-state index < -0.39 is 20.0 Å². The molecule has 1 aliphatic rings. The van der Waals surface area contributed by atoms with Crippen molar-refractivity contribution in [1.82, 2.24) is 13.9 Å². The van der Waals surface area contributed by atoms with E-state index in [-0.39, 0.29) is 29.7 Å². The maximum Gasteiger partial charge on any atom is 0.243 e. The summed E-state index contributed by atoms with van der Waals surface area (Å²) in [6, 6.07) is 14.9. The molecule has 0 aromatic heterocycles. The third-order valence-electron chi connectivity index (χ3n) is 5.86. The van der Waals surface area contributed by atoms with Crippen LogP contribution < -0.4 is 5.32 Å². The van der Waals surface area contributed by atoms with Crippen molar-refractivity contribution < 1.29 is 16.8 Å². The summed E-state index contributed by atoms with van der Waals surface area (Å²) < 4.78 is 55.8. The van der Waals surface area contributed by atoms with Crippen molar-refractivity contribution in [3.8, 4) is 0 Å². The SMILES string of the molecule is Cc1ccc(S(=O)(=O)N(CCS(=O)(=O)N2CCNCC2)CC(C)c2ccccc2)c(C)c1. The molecule has 0 amide bonds. The van der Waals surface area contributed by atoms with Gasteiger partial charge in [0.05, 0.1) is 10.6 Å². The fourth-order valence-corrected chi connectivity index (χ4v) is 7.30. The Kier molecular flexibility index (Phi) is 8.11. The van der Waals surface area contributed by atoms with Crippen molar-refractivity contribution in [2.75, 3.05) is 45.0 Å². The van der Waals surface area contributed by atoms with Gasteiger partial charge in [-0.2, -0.15) is 8.61 Å². The van der Waals surface area contributed by atoms with E-state index in [1.807, 2.05) is 50.2 Å². The Morgan fingerprint density at radius 1 is 1.00 bits per heavy atom. The van der Waals surface area contributed by atoms with Crippen LogP contribution in [0, 0.1) is 13.8 Å². The molecule has 1 heterocycles. The minimum absolute atomic E-state index is 0.0842. The highest BCUT2D eigenvalue weighted by molar-refractivity contribution is 7.90. The minimum atomic E-state index is -3.87. The van der Waals surface area contributed by atoms with E-state index in [9.17, 15) is 16.8 Å². The Bertz CT molecular complexity index is 1110. The molecule has 2 aromatic rings. The lowest BCUT2D eigenvalue weighted by Crippen LogP contribution is -2.48. The zero-order valence-electron chi connectivity index (χ0n) is 19.0. The van der Waals surface area contributed by atoms with Gasteiger partial charge in [0, 0.05) is 39.3 Å². The largest absolute Gasteiger partial charge is 0.314 e. The van der Waals surface area contributed by atoms with Crippen molar-refractivity contribution in [2.24, 2.45) is 0 Å². The predicted molar refractivity (Wildman–Crippen MR) is 128 cm³/mol. The molecule has 32 heavy (non-hydrogen) atoms. The minimum Gasteiger partial charge on any atom is -0.314 e. The van der Waals surface area contributed by atoms with Crippen LogP contribution in [-0.2, 0) is 20.0 Å². The second-order valence-electron chi connectivity index (χ2n) is 8.41.